The molecule has 2 aromatic rings. The van der Waals surface area contributed by atoms with Crippen LogP contribution in [-0.2, 0) is 0 Å². The number of aromatic hydroxyl groups is 1. The average molecular weight is 238 g/mol. The number of carbonyl (C=O) groups excluding carboxylic acids is 1. The number of nitrogens with zero attached hydrogens (tertiary/aromatic N) is 2. The Morgan fingerprint density at radius 1 is 1.38 bits per heavy atom. The lowest BCUT2D eigenvalue weighted by molar-refractivity contribution is 0.0992. The van der Waals surface area contributed by atoms with E-state index in [0.717, 1.165) is 0 Å². The summed E-state index contributed by atoms with van der Waals surface area (Å²) in [6.45, 7) is 0. The summed E-state index contributed by atoms with van der Waals surface area (Å²) in [6, 6.07) is 6.78. The van der Waals surface area contributed by atoms with Gasteiger partial charge in [0.05, 0.1) is 11.9 Å². The van der Waals surface area contributed by atoms with Crippen LogP contribution >= 0.6 is 11.6 Å². The maximum Gasteiger partial charge on any atom is 0.273 e. The summed E-state index contributed by atoms with van der Waals surface area (Å²) in [5.41, 5.74) is 5.55. The van der Waals surface area contributed by atoms with Gasteiger partial charge in [0, 0.05) is 5.02 Å². The average Bonchev–Trinajstić information content (AvgIpc) is 2.61. The summed E-state index contributed by atoms with van der Waals surface area (Å²) in [5.74, 6) is -1.02. The Labute approximate surface area is 96.1 Å². The first-order chi connectivity index (χ1) is 7.58. The van der Waals surface area contributed by atoms with E-state index >= 15 is 0 Å². The molecule has 0 aliphatic heterocycles. The van der Waals surface area contributed by atoms with Gasteiger partial charge >= 0.3 is 0 Å². The zero-order valence-corrected chi connectivity index (χ0v) is 8.85. The quantitative estimate of drug-likeness (QED) is 0.827. The number of rotatable bonds is 2. The SMILES string of the molecule is NC(=O)c1nn(-c2ccc(Cl)cc2)cc1O. The molecule has 1 heterocycles. The van der Waals surface area contributed by atoms with Gasteiger partial charge in [0.25, 0.3) is 5.91 Å². The molecule has 0 saturated heterocycles. The third kappa shape index (κ3) is 1.85. The molecule has 0 unspecified atom stereocenters. The van der Waals surface area contributed by atoms with Crippen molar-refractivity contribution in [3.8, 4) is 11.4 Å². The Balaban J connectivity index is 2.45. The highest BCUT2D eigenvalue weighted by Gasteiger charge is 2.13. The van der Waals surface area contributed by atoms with Gasteiger partial charge in [0.2, 0.25) is 0 Å². The standard InChI is InChI=1S/C10H8ClN3O2/c11-6-1-3-7(4-2-6)14-5-8(15)9(13-14)10(12)16/h1-5,15H,(H2,12,16). The number of nitrogens with two attached hydrogens (primary N) is 1. The van der Waals surface area contributed by atoms with Crippen molar-refractivity contribution in [1.82, 2.24) is 9.78 Å². The van der Waals surface area contributed by atoms with Gasteiger partial charge in [-0.25, -0.2) is 4.68 Å². The van der Waals surface area contributed by atoms with E-state index in [9.17, 15) is 9.90 Å². The van der Waals surface area contributed by atoms with Gasteiger partial charge in [0.1, 0.15) is 0 Å². The molecule has 0 atom stereocenters. The molecule has 0 bridgehead atoms. The Morgan fingerprint density at radius 2 is 2.00 bits per heavy atom. The summed E-state index contributed by atoms with van der Waals surface area (Å²) in [4.78, 5) is 10.9. The van der Waals surface area contributed by atoms with Crippen LogP contribution in [0.1, 0.15) is 10.5 Å². The molecule has 0 fully saturated rings. The van der Waals surface area contributed by atoms with E-state index in [0.29, 0.717) is 10.7 Å². The molecule has 0 aliphatic rings. The molecule has 16 heavy (non-hydrogen) atoms. The summed E-state index contributed by atoms with van der Waals surface area (Å²) < 4.78 is 1.35. The molecule has 5 nitrogen and oxygen atoms in total. The van der Waals surface area contributed by atoms with Crippen molar-refractivity contribution in [2.75, 3.05) is 0 Å². The van der Waals surface area contributed by atoms with Crippen LogP contribution in [0.15, 0.2) is 30.5 Å². The van der Waals surface area contributed by atoms with E-state index in [1.165, 1.54) is 10.9 Å². The number of halogens is 1. The van der Waals surface area contributed by atoms with Crippen molar-refractivity contribution < 1.29 is 9.90 Å². The van der Waals surface area contributed by atoms with E-state index in [1.54, 1.807) is 24.3 Å². The zero-order valence-electron chi connectivity index (χ0n) is 8.09. The lowest BCUT2D eigenvalue weighted by Gasteiger charge is -1.99. The Hall–Kier alpha value is -2.01. The minimum absolute atomic E-state index is 0.157. The van der Waals surface area contributed by atoms with E-state index in [1.807, 2.05) is 0 Å². The number of amides is 1. The summed E-state index contributed by atoms with van der Waals surface area (Å²) >= 11 is 5.73. The molecule has 6 heteroatoms. The molecular formula is C10H8ClN3O2. The molecule has 0 aliphatic carbocycles. The number of hydrogen-bond acceptors (Lipinski definition) is 3. The third-order valence-electron chi connectivity index (χ3n) is 2.02. The largest absolute Gasteiger partial charge is 0.504 e. The monoisotopic (exact) mass is 237 g/mol. The maximum atomic E-state index is 10.9. The number of primary amides is 1. The van der Waals surface area contributed by atoms with Gasteiger partial charge in [-0.2, -0.15) is 5.10 Å². The van der Waals surface area contributed by atoms with Crippen molar-refractivity contribution in [1.29, 1.82) is 0 Å². The molecule has 82 valence electrons. The highest BCUT2D eigenvalue weighted by Crippen LogP contribution is 2.18. The van der Waals surface area contributed by atoms with E-state index < -0.39 is 5.91 Å². The first-order valence-electron chi connectivity index (χ1n) is 4.42. The molecule has 2 rings (SSSR count). The molecule has 1 amide bonds. The molecule has 0 spiro atoms. The lowest BCUT2D eigenvalue weighted by Crippen LogP contribution is -2.12. The van der Waals surface area contributed by atoms with Crippen LogP contribution in [0, 0.1) is 0 Å². The van der Waals surface area contributed by atoms with Gasteiger partial charge < -0.3 is 10.8 Å². The highest BCUT2D eigenvalue weighted by molar-refractivity contribution is 6.30. The molecule has 3 N–H and O–H groups in total. The number of benzene rings is 1. The lowest BCUT2D eigenvalue weighted by atomic mass is 10.3. The third-order valence-corrected chi connectivity index (χ3v) is 2.27. The molecule has 1 aromatic heterocycles. The second-order valence-corrected chi connectivity index (χ2v) is 3.58. The van der Waals surface area contributed by atoms with Crippen LogP contribution in [0.4, 0.5) is 0 Å². The van der Waals surface area contributed by atoms with Crippen LogP contribution in [0.25, 0.3) is 5.69 Å². The normalized spacial score (nSPS) is 10.3. The van der Waals surface area contributed by atoms with Crippen LogP contribution in [0.2, 0.25) is 5.02 Å². The highest BCUT2D eigenvalue weighted by atomic mass is 35.5. The van der Waals surface area contributed by atoms with E-state index in [4.69, 9.17) is 17.3 Å². The minimum atomic E-state index is -0.773. The smallest absolute Gasteiger partial charge is 0.273 e. The van der Waals surface area contributed by atoms with Crippen LogP contribution < -0.4 is 5.73 Å². The Kier molecular flexibility index (Phi) is 2.54. The summed E-state index contributed by atoms with van der Waals surface area (Å²) in [7, 11) is 0. The maximum absolute atomic E-state index is 10.9. The van der Waals surface area contributed by atoms with Crippen molar-refractivity contribution in [3.63, 3.8) is 0 Å². The van der Waals surface area contributed by atoms with Crippen LogP contribution in [-0.4, -0.2) is 20.8 Å². The van der Waals surface area contributed by atoms with Crippen molar-refractivity contribution in [2.45, 2.75) is 0 Å². The van der Waals surface area contributed by atoms with Gasteiger partial charge in [-0.3, -0.25) is 4.79 Å². The van der Waals surface area contributed by atoms with Crippen molar-refractivity contribution in [3.05, 3.63) is 41.2 Å². The van der Waals surface area contributed by atoms with Gasteiger partial charge in [-0.05, 0) is 24.3 Å². The number of hydrogen-bond donors (Lipinski definition) is 2. The second-order valence-electron chi connectivity index (χ2n) is 3.15. The fourth-order valence-electron chi connectivity index (χ4n) is 1.27. The summed E-state index contributed by atoms with van der Waals surface area (Å²) in [5, 5.41) is 13.9. The van der Waals surface area contributed by atoms with Crippen molar-refractivity contribution >= 4 is 17.5 Å². The molecule has 0 radical (unpaired) electrons. The van der Waals surface area contributed by atoms with Gasteiger partial charge in [0.15, 0.2) is 11.4 Å². The second kappa shape index (κ2) is 3.86. The van der Waals surface area contributed by atoms with E-state index in [2.05, 4.69) is 5.10 Å². The Bertz CT molecular complexity index is 533. The molecule has 0 saturated carbocycles. The molecular weight excluding hydrogens is 230 g/mol. The van der Waals surface area contributed by atoms with Gasteiger partial charge in [-0.1, -0.05) is 11.6 Å². The first kappa shape index (κ1) is 10.5. The molecule has 1 aromatic carbocycles. The zero-order chi connectivity index (χ0) is 11.7. The van der Waals surface area contributed by atoms with Crippen LogP contribution in [0.3, 0.4) is 0 Å². The topological polar surface area (TPSA) is 81.1 Å². The fourth-order valence-corrected chi connectivity index (χ4v) is 1.39. The van der Waals surface area contributed by atoms with Crippen molar-refractivity contribution in [2.24, 2.45) is 5.73 Å². The summed E-state index contributed by atoms with van der Waals surface area (Å²) in [6.07, 6.45) is 1.31. The number of aromatic nitrogens is 2. The van der Waals surface area contributed by atoms with E-state index in [-0.39, 0.29) is 11.4 Å². The predicted octanol–water partition coefficient (Wildman–Crippen LogP) is 1.33. The Morgan fingerprint density at radius 3 is 2.50 bits per heavy atom. The fraction of sp³-hybridized carbons (Fsp3) is 0. The van der Waals surface area contributed by atoms with Crippen LogP contribution in [0.5, 0.6) is 5.75 Å². The minimum Gasteiger partial charge on any atom is -0.504 e. The number of carbonyl (C=O) groups is 1. The van der Waals surface area contributed by atoms with Gasteiger partial charge in [-0.15, -0.1) is 0 Å². The predicted molar refractivity (Wildman–Crippen MR) is 58.8 cm³/mol. The first-order valence-corrected chi connectivity index (χ1v) is 4.80.